The van der Waals surface area contributed by atoms with Crippen LogP contribution in [-0.4, -0.2) is 43.9 Å². The molecule has 0 unspecified atom stereocenters. The lowest BCUT2D eigenvalue weighted by Crippen LogP contribution is -2.25. The molecule has 5 heteroatoms. The van der Waals surface area contributed by atoms with Crippen LogP contribution in [0.3, 0.4) is 0 Å². The number of carbonyl (C=O) groups excluding carboxylic acids is 1. The van der Waals surface area contributed by atoms with Crippen LogP contribution in [0.2, 0.25) is 0 Å². The first-order valence-corrected chi connectivity index (χ1v) is 5.96. The summed E-state index contributed by atoms with van der Waals surface area (Å²) in [7, 11) is 0. The highest BCUT2D eigenvalue weighted by Gasteiger charge is 1.99. The molecule has 0 fully saturated rings. The van der Waals surface area contributed by atoms with E-state index in [-0.39, 0.29) is 12.5 Å². The number of aliphatic hydroxyl groups excluding tert-OH is 1. The fraction of sp³-hybridized carbons (Fsp3) is 0.909. The Hall–Kier alpha value is -0.650. The Morgan fingerprint density at radius 2 is 2.00 bits per heavy atom. The third-order valence-corrected chi connectivity index (χ3v) is 2.13. The zero-order valence-electron chi connectivity index (χ0n) is 9.91. The van der Waals surface area contributed by atoms with E-state index in [1.807, 2.05) is 0 Å². The fourth-order valence-electron chi connectivity index (χ4n) is 1.26. The largest absolute Gasteiger partial charge is 0.394 e. The van der Waals surface area contributed by atoms with Gasteiger partial charge in [0.25, 0.3) is 0 Å². The number of unbranched alkanes of at least 4 members (excludes halogenated alkanes) is 2. The Labute approximate surface area is 97.3 Å². The van der Waals surface area contributed by atoms with Gasteiger partial charge in [0, 0.05) is 19.6 Å². The van der Waals surface area contributed by atoms with Crippen LogP contribution in [0, 0.1) is 0 Å². The molecule has 0 saturated heterocycles. The molecule has 0 aliphatic carbocycles. The van der Waals surface area contributed by atoms with Crippen LogP contribution in [0.4, 0.5) is 0 Å². The number of amides is 1. The SMILES string of the molecule is NCCCCCC(=O)NCCCOCCO. The van der Waals surface area contributed by atoms with Crippen LogP contribution in [-0.2, 0) is 9.53 Å². The molecular weight excluding hydrogens is 208 g/mol. The molecule has 0 aromatic heterocycles. The second-order valence-electron chi connectivity index (χ2n) is 3.64. The molecule has 0 atom stereocenters. The molecule has 0 radical (unpaired) electrons. The zero-order chi connectivity index (χ0) is 12.1. The van der Waals surface area contributed by atoms with Crippen molar-refractivity contribution in [1.82, 2.24) is 5.32 Å². The summed E-state index contributed by atoms with van der Waals surface area (Å²) in [6, 6.07) is 0. The molecule has 16 heavy (non-hydrogen) atoms. The summed E-state index contributed by atoms with van der Waals surface area (Å²) in [5.74, 6) is 0.0965. The van der Waals surface area contributed by atoms with Gasteiger partial charge in [0.15, 0.2) is 0 Å². The summed E-state index contributed by atoms with van der Waals surface area (Å²) in [6.07, 6.45) is 4.28. The molecule has 0 aromatic carbocycles. The minimum absolute atomic E-state index is 0.0491. The van der Waals surface area contributed by atoms with E-state index >= 15 is 0 Å². The van der Waals surface area contributed by atoms with E-state index in [1.54, 1.807) is 0 Å². The van der Waals surface area contributed by atoms with Gasteiger partial charge in [0.2, 0.25) is 5.91 Å². The van der Waals surface area contributed by atoms with Crippen molar-refractivity contribution in [2.75, 3.05) is 32.9 Å². The number of nitrogens with two attached hydrogens (primary N) is 1. The van der Waals surface area contributed by atoms with Gasteiger partial charge in [-0.25, -0.2) is 0 Å². The van der Waals surface area contributed by atoms with Crippen LogP contribution < -0.4 is 11.1 Å². The van der Waals surface area contributed by atoms with Crippen molar-refractivity contribution in [2.45, 2.75) is 32.1 Å². The summed E-state index contributed by atoms with van der Waals surface area (Å²) in [4.78, 5) is 11.3. The Kier molecular flexibility index (Phi) is 11.9. The van der Waals surface area contributed by atoms with Crippen LogP contribution in [0.25, 0.3) is 0 Å². The number of rotatable bonds is 11. The first-order chi connectivity index (χ1) is 7.81. The van der Waals surface area contributed by atoms with Crippen molar-refractivity contribution in [3.05, 3.63) is 0 Å². The number of carbonyl (C=O) groups is 1. The number of ether oxygens (including phenoxy) is 1. The standard InChI is InChI=1S/C11H24N2O3/c12-6-3-1-2-5-11(15)13-7-4-9-16-10-8-14/h14H,1-10,12H2,(H,13,15). The maximum atomic E-state index is 11.3. The Morgan fingerprint density at radius 1 is 1.19 bits per heavy atom. The maximum absolute atomic E-state index is 11.3. The number of nitrogens with one attached hydrogen (secondary N) is 1. The predicted molar refractivity (Wildman–Crippen MR) is 63.1 cm³/mol. The van der Waals surface area contributed by atoms with E-state index in [1.165, 1.54) is 0 Å². The number of hydrogen-bond acceptors (Lipinski definition) is 4. The molecular formula is C11H24N2O3. The van der Waals surface area contributed by atoms with Gasteiger partial charge in [-0.3, -0.25) is 4.79 Å². The first-order valence-electron chi connectivity index (χ1n) is 5.96. The third-order valence-electron chi connectivity index (χ3n) is 2.13. The normalized spacial score (nSPS) is 10.4. The topological polar surface area (TPSA) is 84.6 Å². The molecule has 1 amide bonds. The summed E-state index contributed by atoms with van der Waals surface area (Å²) in [5.41, 5.74) is 5.35. The minimum Gasteiger partial charge on any atom is -0.394 e. The van der Waals surface area contributed by atoms with Crippen molar-refractivity contribution in [3.8, 4) is 0 Å². The summed E-state index contributed by atoms with van der Waals surface area (Å²) in [5, 5.41) is 11.3. The smallest absolute Gasteiger partial charge is 0.219 e. The van der Waals surface area contributed by atoms with E-state index in [2.05, 4.69) is 5.32 Å². The Morgan fingerprint density at radius 3 is 2.69 bits per heavy atom. The molecule has 0 spiro atoms. The quantitative estimate of drug-likeness (QED) is 0.438. The summed E-state index contributed by atoms with van der Waals surface area (Å²) >= 11 is 0. The lowest BCUT2D eigenvalue weighted by Gasteiger charge is -2.05. The third kappa shape index (κ3) is 11.4. The molecule has 0 aromatic rings. The lowest BCUT2D eigenvalue weighted by molar-refractivity contribution is -0.121. The highest BCUT2D eigenvalue weighted by Crippen LogP contribution is 1.98. The van der Waals surface area contributed by atoms with Crippen molar-refractivity contribution in [2.24, 2.45) is 5.73 Å². The van der Waals surface area contributed by atoms with Crippen LogP contribution in [0.5, 0.6) is 0 Å². The van der Waals surface area contributed by atoms with Gasteiger partial charge in [0.05, 0.1) is 13.2 Å². The summed E-state index contributed by atoms with van der Waals surface area (Å²) in [6.45, 7) is 2.33. The summed E-state index contributed by atoms with van der Waals surface area (Å²) < 4.78 is 5.06. The van der Waals surface area contributed by atoms with Gasteiger partial charge in [-0.15, -0.1) is 0 Å². The van der Waals surface area contributed by atoms with Crippen LogP contribution >= 0.6 is 0 Å². The molecule has 0 aliphatic rings. The molecule has 4 N–H and O–H groups in total. The van der Waals surface area contributed by atoms with E-state index in [0.29, 0.717) is 32.7 Å². The highest BCUT2D eigenvalue weighted by molar-refractivity contribution is 5.75. The molecule has 0 heterocycles. The van der Waals surface area contributed by atoms with Crippen LogP contribution in [0.15, 0.2) is 0 Å². The maximum Gasteiger partial charge on any atom is 0.219 e. The van der Waals surface area contributed by atoms with Crippen molar-refractivity contribution >= 4 is 5.91 Å². The highest BCUT2D eigenvalue weighted by atomic mass is 16.5. The zero-order valence-corrected chi connectivity index (χ0v) is 9.91. The molecule has 5 nitrogen and oxygen atoms in total. The van der Waals surface area contributed by atoms with Crippen molar-refractivity contribution < 1.29 is 14.6 Å². The molecule has 0 aliphatic heterocycles. The minimum atomic E-state index is 0.0491. The van der Waals surface area contributed by atoms with Crippen molar-refractivity contribution in [3.63, 3.8) is 0 Å². The van der Waals surface area contributed by atoms with Gasteiger partial charge in [-0.1, -0.05) is 6.42 Å². The van der Waals surface area contributed by atoms with Gasteiger partial charge in [0.1, 0.15) is 0 Å². The van der Waals surface area contributed by atoms with Crippen molar-refractivity contribution in [1.29, 1.82) is 0 Å². The second kappa shape index (κ2) is 12.4. The molecule has 0 rings (SSSR count). The predicted octanol–water partition coefficient (Wildman–Crippen LogP) is 0.0207. The molecule has 0 saturated carbocycles. The van der Waals surface area contributed by atoms with E-state index < -0.39 is 0 Å². The number of aliphatic hydroxyl groups is 1. The lowest BCUT2D eigenvalue weighted by atomic mass is 10.2. The van der Waals surface area contributed by atoms with Gasteiger partial charge in [-0.2, -0.15) is 0 Å². The van der Waals surface area contributed by atoms with E-state index in [4.69, 9.17) is 15.6 Å². The average Bonchev–Trinajstić information content (AvgIpc) is 2.29. The Bertz CT molecular complexity index is 165. The van der Waals surface area contributed by atoms with Gasteiger partial charge >= 0.3 is 0 Å². The first kappa shape index (κ1) is 15.3. The van der Waals surface area contributed by atoms with Gasteiger partial charge < -0.3 is 20.9 Å². The van der Waals surface area contributed by atoms with E-state index in [0.717, 1.165) is 25.7 Å². The second-order valence-corrected chi connectivity index (χ2v) is 3.64. The fourth-order valence-corrected chi connectivity index (χ4v) is 1.26. The molecule has 0 bridgehead atoms. The van der Waals surface area contributed by atoms with Crippen LogP contribution in [0.1, 0.15) is 32.1 Å². The molecule has 96 valence electrons. The van der Waals surface area contributed by atoms with Gasteiger partial charge in [-0.05, 0) is 25.8 Å². The average molecular weight is 232 g/mol. The Balaban J connectivity index is 3.11. The van der Waals surface area contributed by atoms with E-state index in [9.17, 15) is 4.79 Å². The monoisotopic (exact) mass is 232 g/mol. The number of hydrogen-bond donors (Lipinski definition) is 3.